The highest BCUT2D eigenvalue weighted by Crippen LogP contribution is 2.11. The Kier molecular flexibility index (Phi) is 10.0. The minimum absolute atomic E-state index is 0.149. The molecule has 0 aliphatic carbocycles. The zero-order valence-electron chi connectivity index (χ0n) is 18.7. The molecule has 0 bridgehead atoms. The zero-order chi connectivity index (χ0) is 23.5. The van der Waals surface area contributed by atoms with Crippen molar-refractivity contribution >= 4 is 19.1 Å². The fourth-order valence-electron chi connectivity index (χ4n) is 3.24. The van der Waals surface area contributed by atoms with Crippen LogP contribution in [0, 0.1) is 5.92 Å². The monoisotopic (exact) mass is 441 g/mol. The molecule has 172 valence electrons. The van der Waals surface area contributed by atoms with E-state index < -0.39 is 31.0 Å². The Balaban J connectivity index is 2.04. The van der Waals surface area contributed by atoms with Crippen molar-refractivity contribution in [2.24, 2.45) is 5.92 Å². The van der Waals surface area contributed by atoms with Crippen molar-refractivity contribution < 1.29 is 24.4 Å². The first-order chi connectivity index (χ1) is 15.3. The molecule has 0 unspecified atom stereocenters. The number of rotatable bonds is 11. The largest absolute Gasteiger partial charge is 0.497 e. The smallest absolute Gasteiger partial charge is 0.475 e. The first-order valence-electron chi connectivity index (χ1n) is 10.7. The van der Waals surface area contributed by atoms with Gasteiger partial charge in [-0.15, -0.1) is 0 Å². The van der Waals surface area contributed by atoms with Crippen LogP contribution in [0.25, 0.3) is 0 Å². The summed E-state index contributed by atoms with van der Waals surface area (Å²) in [5, 5.41) is 27.4. The average Bonchev–Trinajstić information content (AvgIpc) is 2.77. The molecule has 3 amide bonds. The molecule has 0 aromatic heterocycles. The predicted octanol–water partition coefficient (Wildman–Crippen LogP) is 1.65. The van der Waals surface area contributed by atoms with Crippen molar-refractivity contribution in [2.45, 2.75) is 45.2 Å². The highest BCUT2D eigenvalue weighted by atomic mass is 16.5. The second kappa shape index (κ2) is 12.7. The van der Waals surface area contributed by atoms with Gasteiger partial charge in [0.2, 0.25) is 5.91 Å². The van der Waals surface area contributed by atoms with Crippen molar-refractivity contribution in [3.8, 4) is 5.75 Å². The van der Waals surface area contributed by atoms with Crippen LogP contribution in [-0.4, -0.2) is 48.2 Å². The number of ether oxygens (including phenoxy) is 1. The molecular formula is C23H32BN3O5. The van der Waals surface area contributed by atoms with Gasteiger partial charge in [0, 0.05) is 13.0 Å². The molecule has 0 saturated heterocycles. The van der Waals surface area contributed by atoms with Crippen LogP contribution >= 0.6 is 0 Å². The van der Waals surface area contributed by atoms with Crippen molar-refractivity contribution in [3.63, 3.8) is 0 Å². The summed E-state index contributed by atoms with van der Waals surface area (Å²) in [6.45, 7) is 4.13. The van der Waals surface area contributed by atoms with Crippen molar-refractivity contribution in [1.82, 2.24) is 16.0 Å². The lowest BCUT2D eigenvalue weighted by atomic mass is 9.75. The summed E-state index contributed by atoms with van der Waals surface area (Å²) in [4.78, 5) is 25.5. The van der Waals surface area contributed by atoms with Crippen LogP contribution in [0.2, 0.25) is 0 Å². The van der Waals surface area contributed by atoms with E-state index in [9.17, 15) is 19.6 Å². The van der Waals surface area contributed by atoms with Gasteiger partial charge in [0.1, 0.15) is 11.8 Å². The molecule has 0 saturated carbocycles. The van der Waals surface area contributed by atoms with E-state index >= 15 is 0 Å². The van der Waals surface area contributed by atoms with Gasteiger partial charge in [0.05, 0.1) is 13.1 Å². The average molecular weight is 441 g/mol. The third kappa shape index (κ3) is 8.60. The highest BCUT2D eigenvalue weighted by molar-refractivity contribution is 6.43. The molecule has 5 N–H and O–H groups in total. The van der Waals surface area contributed by atoms with Gasteiger partial charge in [0.25, 0.3) is 0 Å². The van der Waals surface area contributed by atoms with Gasteiger partial charge in [-0.1, -0.05) is 56.3 Å². The number of carbonyl (C=O) groups is 2. The summed E-state index contributed by atoms with van der Waals surface area (Å²) >= 11 is 0. The fourth-order valence-corrected chi connectivity index (χ4v) is 3.24. The van der Waals surface area contributed by atoms with E-state index in [4.69, 9.17) is 4.74 Å². The first kappa shape index (κ1) is 25.2. The van der Waals surface area contributed by atoms with Crippen LogP contribution in [0.5, 0.6) is 5.75 Å². The maximum absolute atomic E-state index is 12.9. The maximum Gasteiger partial charge on any atom is 0.475 e. The molecular weight excluding hydrogens is 409 g/mol. The minimum atomic E-state index is -1.69. The lowest BCUT2D eigenvalue weighted by molar-refractivity contribution is -0.123. The highest BCUT2D eigenvalue weighted by Gasteiger charge is 2.30. The summed E-state index contributed by atoms with van der Waals surface area (Å²) < 4.78 is 5.12. The second-order valence-electron chi connectivity index (χ2n) is 8.08. The minimum Gasteiger partial charge on any atom is -0.497 e. The Morgan fingerprint density at radius 2 is 1.62 bits per heavy atom. The second-order valence-corrected chi connectivity index (χ2v) is 8.08. The molecule has 2 atom stereocenters. The lowest BCUT2D eigenvalue weighted by Crippen LogP contribution is -2.56. The van der Waals surface area contributed by atoms with Crippen molar-refractivity contribution in [3.05, 3.63) is 65.7 Å². The standard InChI is InChI=1S/C23H32BN3O5/c1-16(2)13-21(24(30)31)27-22(28)20(14-17-7-5-4-6-8-17)26-23(29)25-15-18-9-11-19(32-3)12-10-18/h4-12,16,20-21,30-31H,13-15H2,1-3H3,(H,27,28)(H2,25,26,29)/t20-,21-/m0/s1. The number of carbonyl (C=O) groups excluding carboxylic acids is 2. The molecule has 0 fully saturated rings. The molecule has 0 spiro atoms. The molecule has 32 heavy (non-hydrogen) atoms. The predicted molar refractivity (Wildman–Crippen MR) is 124 cm³/mol. The fraction of sp³-hybridized carbons (Fsp3) is 0.391. The molecule has 0 aliphatic rings. The van der Waals surface area contributed by atoms with Gasteiger partial charge in [-0.3, -0.25) is 4.79 Å². The van der Waals surface area contributed by atoms with Gasteiger partial charge >= 0.3 is 13.1 Å². The number of urea groups is 1. The van der Waals surface area contributed by atoms with Crippen LogP contribution < -0.4 is 20.7 Å². The van der Waals surface area contributed by atoms with Gasteiger partial charge in [-0.2, -0.15) is 0 Å². The molecule has 0 heterocycles. The van der Waals surface area contributed by atoms with E-state index in [-0.39, 0.29) is 18.9 Å². The molecule has 9 heteroatoms. The molecule has 0 radical (unpaired) electrons. The normalized spacial score (nSPS) is 12.6. The SMILES string of the molecule is COc1ccc(CNC(=O)N[C@@H](Cc2ccccc2)C(=O)N[C@@H](CC(C)C)B(O)O)cc1. The van der Waals surface area contributed by atoms with Gasteiger partial charge in [-0.25, -0.2) is 4.79 Å². The zero-order valence-corrected chi connectivity index (χ0v) is 18.7. The Morgan fingerprint density at radius 1 is 0.969 bits per heavy atom. The van der Waals surface area contributed by atoms with Crippen molar-refractivity contribution in [2.75, 3.05) is 7.11 Å². The quantitative estimate of drug-likeness (QED) is 0.340. The Bertz CT molecular complexity index is 846. The maximum atomic E-state index is 12.9. The summed E-state index contributed by atoms with van der Waals surface area (Å²) in [6.07, 6.45) is 0.656. The molecule has 2 aromatic rings. The Hall–Kier alpha value is -3.04. The van der Waals surface area contributed by atoms with E-state index in [1.807, 2.05) is 56.3 Å². The summed E-state index contributed by atoms with van der Waals surface area (Å²) in [7, 11) is -0.109. The van der Waals surface area contributed by atoms with Crippen LogP contribution in [0.3, 0.4) is 0 Å². The summed E-state index contributed by atoms with van der Waals surface area (Å²) in [5.41, 5.74) is 1.75. The lowest BCUT2D eigenvalue weighted by Gasteiger charge is -2.24. The van der Waals surface area contributed by atoms with Crippen LogP contribution in [0.1, 0.15) is 31.4 Å². The van der Waals surface area contributed by atoms with Crippen LogP contribution in [-0.2, 0) is 17.8 Å². The number of methoxy groups -OCH3 is 1. The van der Waals surface area contributed by atoms with Crippen LogP contribution in [0.15, 0.2) is 54.6 Å². The van der Waals surface area contributed by atoms with Crippen LogP contribution in [0.4, 0.5) is 4.79 Å². The Labute approximate surface area is 189 Å². The number of benzene rings is 2. The topological polar surface area (TPSA) is 120 Å². The van der Waals surface area contributed by atoms with E-state index in [1.54, 1.807) is 19.2 Å². The number of nitrogens with one attached hydrogen (secondary N) is 3. The van der Waals surface area contributed by atoms with E-state index in [2.05, 4.69) is 16.0 Å². The Morgan fingerprint density at radius 3 is 2.19 bits per heavy atom. The number of hydrogen-bond donors (Lipinski definition) is 5. The van der Waals surface area contributed by atoms with E-state index in [0.29, 0.717) is 6.42 Å². The number of amides is 3. The molecule has 0 aliphatic heterocycles. The van der Waals surface area contributed by atoms with Gasteiger partial charge in [0.15, 0.2) is 0 Å². The van der Waals surface area contributed by atoms with E-state index in [0.717, 1.165) is 16.9 Å². The molecule has 2 rings (SSSR count). The third-order valence-electron chi connectivity index (χ3n) is 4.93. The summed E-state index contributed by atoms with van der Waals surface area (Å²) in [6, 6.07) is 15.2. The van der Waals surface area contributed by atoms with Gasteiger partial charge < -0.3 is 30.7 Å². The van der Waals surface area contributed by atoms with Gasteiger partial charge in [-0.05, 0) is 35.6 Å². The first-order valence-corrected chi connectivity index (χ1v) is 10.7. The molecule has 8 nitrogen and oxygen atoms in total. The van der Waals surface area contributed by atoms with Crippen molar-refractivity contribution in [1.29, 1.82) is 0 Å². The summed E-state index contributed by atoms with van der Waals surface area (Å²) in [5.74, 6) is -0.438. The van der Waals surface area contributed by atoms with E-state index in [1.165, 1.54) is 0 Å². The third-order valence-corrected chi connectivity index (χ3v) is 4.93. The number of hydrogen-bond acceptors (Lipinski definition) is 5. The molecule has 2 aromatic carbocycles.